The molecule has 0 aromatic heterocycles. The van der Waals surface area contributed by atoms with Crippen molar-refractivity contribution in [2.75, 3.05) is 19.7 Å². The summed E-state index contributed by atoms with van der Waals surface area (Å²) in [5.74, 6) is 0.144. The minimum atomic E-state index is -0.456. The second kappa shape index (κ2) is 5.64. The van der Waals surface area contributed by atoms with E-state index in [4.69, 9.17) is 4.74 Å². The van der Waals surface area contributed by atoms with Gasteiger partial charge in [-0.25, -0.2) is 0 Å². The van der Waals surface area contributed by atoms with Crippen LogP contribution in [0.25, 0.3) is 0 Å². The van der Waals surface area contributed by atoms with E-state index in [1.807, 2.05) is 4.90 Å². The number of piperidine rings is 1. The number of rotatable bonds is 2. The lowest BCUT2D eigenvalue weighted by Gasteiger charge is -2.31. The van der Waals surface area contributed by atoms with E-state index in [0.717, 1.165) is 38.8 Å². The highest BCUT2D eigenvalue weighted by atomic mass is 16.5. The molecule has 2 fully saturated rings. The quantitative estimate of drug-likeness (QED) is 0.763. The van der Waals surface area contributed by atoms with E-state index in [-0.39, 0.29) is 12.0 Å². The molecule has 0 aromatic carbocycles. The van der Waals surface area contributed by atoms with Crippen LogP contribution in [0.4, 0.5) is 0 Å². The van der Waals surface area contributed by atoms with E-state index in [9.17, 15) is 9.90 Å². The molecule has 2 saturated heterocycles. The Labute approximate surface area is 96.6 Å². The number of amides is 1. The van der Waals surface area contributed by atoms with Gasteiger partial charge >= 0.3 is 0 Å². The number of likely N-dealkylation sites (tertiary alicyclic amines) is 1. The Hall–Kier alpha value is -0.610. The third kappa shape index (κ3) is 2.95. The summed E-state index contributed by atoms with van der Waals surface area (Å²) in [6.07, 6.45) is 4.73. The van der Waals surface area contributed by atoms with E-state index < -0.39 is 6.10 Å². The Morgan fingerprint density at radius 1 is 1.25 bits per heavy atom. The molecule has 0 radical (unpaired) electrons. The van der Waals surface area contributed by atoms with E-state index in [1.54, 1.807) is 0 Å². The molecular weight excluding hydrogens is 206 g/mol. The first-order chi connectivity index (χ1) is 7.77. The summed E-state index contributed by atoms with van der Waals surface area (Å²) < 4.78 is 5.45. The third-order valence-electron chi connectivity index (χ3n) is 3.49. The fraction of sp³-hybridized carbons (Fsp3) is 0.917. The number of aliphatic hydroxyl groups is 1. The predicted octanol–water partition coefficient (Wildman–Crippen LogP) is 0.929. The van der Waals surface area contributed by atoms with Crippen LogP contribution in [-0.4, -0.2) is 47.8 Å². The third-order valence-corrected chi connectivity index (χ3v) is 3.49. The van der Waals surface area contributed by atoms with Crippen molar-refractivity contribution in [2.45, 2.75) is 50.7 Å². The van der Waals surface area contributed by atoms with Gasteiger partial charge in [0.05, 0.1) is 18.6 Å². The average molecular weight is 227 g/mol. The van der Waals surface area contributed by atoms with Crippen molar-refractivity contribution in [3.8, 4) is 0 Å². The van der Waals surface area contributed by atoms with Crippen molar-refractivity contribution in [3.63, 3.8) is 0 Å². The first-order valence-electron chi connectivity index (χ1n) is 6.35. The molecule has 1 amide bonds. The van der Waals surface area contributed by atoms with Crippen molar-refractivity contribution in [1.82, 2.24) is 4.90 Å². The average Bonchev–Trinajstić information content (AvgIpc) is 2.33. The van der Waals surface area contributed by atoms with Crippen LogP contribution in [0.5, 0.6) is 0 Å². The van der Waals surface area contributed by atoms with Gasteiger partial charge in [0.1, 0.15) is 0 Å². The molecule has 0 spiro atoms. The van der Waals surface area contributed by atoms with Crippen LogP contribution < -0.4 is 0 Å². The highest BCUT2D eigenvalue weighted by molar-refractivity contribution is 5.76. The van der Waals surface area contributed by atoms with E-state index in [1.165, 1.54) is 6.42 Å². The molecule has 2 atom stereocenters. The second-order valence-corrected chi connectivity index (χ2v) is 4.76. The summed E-state index contributed by atoms with van der Waals surface area (Å²) in [5, 5.41) is 9.72. The molecule has 0 unspecified atom stereocenters. The topological polar surface area (TPSA) is 49.8 Å². The van der Waals surface area contributed by atoms with E-state index in [2.05, 4.69) is 0 Å². The number of carbonyl (C=O) groups is 1. The highest BCUT2D eigenvalue weighted by Crippen LogP contribution is 2.19. The van der Waals surface area contributed by atoms with Gasteiger partial charge in [0.25, 0.3) is 0 Å². The summed E-state index contributed by atoms with van der Waals surface area (Å²) in [6.45, 7) is 2.43. The molecule has 2 heterocycles. The fourth-order valence-electron chi connectivity index (χ4n) is 2.46. The van der Waals surface area contributed by atoms with Crippen LogP contribution in [0.1, 0.15) is 38.5 Å². The lowest BCUT2D eigenvalue weighted by Crippen LogP contribution is -2.42. The standard InChI is InChI=1S/C12H21NO3/c14-10-5-4-8-16-11(10)9-12(15)13-6-2-1-3-7-13/h10-11,14H,1-9H2/t10-,11-/m0/s1. The number of hydrogen-bond donors (Lipinski definition) is 1. The van der Waals surface area contributed by atoms with Crippen LogP contribution in [0.3, 0.4) is 0 Å². The van der Waals surface area contributed by atoms with Crippen LogP contribution >= 0.6 is 0 Å². The largest absolute Gasteiger partial charge is 0.390 e. The van der Waals surface area contributed by atoms with Gasteiger partial charge in [-0.1, -0.05) is 0 Å². The lowest BCUT2D eigenvalue weighted by atomic mass is 10.0. The second-order valence-electron chi connectivity index (χ2n) is 4.76. The Morgan fingerprint density at radius 2 is 2.00 bits per heavy atom. The smallest absolute Gasteiger partial charge is 0.225 e. The maximum atomic E-state index is 11.9. The Balaban J connectivity index is 1.80. The van der Waals surface area contributed by atoms with Crippen molar-refractivity contribution < 1.29 is 14.6 Å². The Bertz CT molecular complexity index is 238. The monoisotopic (exact) mass is 227 g/mol. The SMILES string of the molecule is O=C(C[C@@H]1OCCC[C@@H]1O)N1CCCCC1. The summed E-state index contributed by atoms with van der Waals surface area (Å²) in [6, 6.07) is 0. The number of carbonyl (C=O) groups excluding carboxylic acids is 1. The summed E-state index contributed by atoms with van der Waals surface area (Å²) in [5.41, 5.74) is 0. The molecule has 2 aliphatic rings. The first-order valence-corrected chi connectivity index (χ1v) is 6.35. The van der Waals surface area contributed by atoms with Crippen LogP contribution in [0.15, 0.2) is 0 Å². The fourth-order valence-corrected chi connectivity index (χ4v) is 2.46. The van der Waals surface area contributed by atoms with Crippen LogP contribution in [-0.2, 0) is 9.53 Å². The molecule has 4 heteroatoms. The molecule has 16 heavy (non-hydrogen) atoms. The van der Waals surface area contributed by atoms with Gasteiger partial charge in [0.15, 0.2) is 0 Å². The molecular formula is C12H21NO3. The van der Waals surface area contributed by atoms with E-state index >= 15 is 0 Å². The molecule has 1 N–H and O–H groups in total. The van der Waals surface area contributed by atoms with Crippen molar-refractivity contribution in [3.05, 3.63) is 0 Å². The zero-order valence-electron chi connectivity index (χ0n) is 9.73. The Kier molecular flexibility index (Phi) is 4.18. The first kappa shape index (κ1) is 11.9. The van der Waals surface area contributed by atoms with Crippen LogP contribution in [0.2, 0.25) is 0 Å². The molecule has 0 bridgehead atoms. The Morgan fingerprint density at radius 3 is 2.69 bits per heavy atom. The molecule has 92 valence electrons. The minimum absolute atomic E-state index is 0.144. The molecule has 2 rings (SSSR count). The van der Waals surface area contributed by atoms with Gasteiger partial charge in [-0.3, -0.25) is 4.79 Å². The zero-order chi connectivity index (χ0) is 11.4. The zero-order valence-corrected chi connectivity index (χ0v) is 9.73. The van der Waals surface area contributed by atoms with Crippen molar-refractivity contribution >= 4 is 5.91 Å². The number of aliphatic hydroxyl groups excluding tert-OH is 1. The molecule has 2 aliphatic heterocycles. The van der Waals surface area contributed by atoms with E-state index in [0.29, 0.717) is 13.0 Å². The van der Waals surface area contributed by atoms with Gasteiger partial charge in [0, 0.05) is 19.7 Å². The van der Waals surface area contributed by atoms with Crippen LogP contribution in [0, 0.1) is 0 Å². The minimum Gasteiger partial charge on any atom is -0.390 e. The highest BCUT2D eigenvalue weighted by Gasteiger charge is 2.28. The number of hydrogen-bond acceptors (Lipinski definition) is 3. The van der Waals surface area contributed by atoms with Gasteiger partial charge in [-0.2, -0.15) is 0 Å². The maximum absolute atomic E-state index is 11.9. The molecule has 4 nitrogen and oxygen atoms in total. The summed E-state index contributed by atoms with van der Waals surface area (Å²) in [4.78, 5) is 13.9. The summed E-state index contributed by atoms with van der Waals surface area (Å²) in [7, 11) is 0. The lowest BCUT2D eigenvalue weighted by molar-refractivity contribution is -0.141. The van der Waals surface area contributed by atoms with Crippen molar-refractivity contribution in [1.29, 1.82) is 0 Å². The molecule has 0 aromatic rings. The molecule has 0 saturated carbocycles. The van der Waals surface area contributed by atoms with Gasteiger partial charge in [0.2, 0.25) is 5.91 Å². The number of ether oxygens (including phenoxy) is 1. The molecule has 0 aliphatic carbocycles. The van der Waals surface area contributed by atoms with Gasteiger partial charge in [-0.15, -0.1) is 0 Å². The van der Waals surface area contributed by atoms with Gasteiger partial charge in [-0.05, 0) is 32.1 Å². The maximum Gasteiger partial charge on any atom is 0.225 e. The summed E-state index contributed by atoms with van der Waals surface area (Å²) >= 11 is 0. The number of nitrogens with zero attached hydrogens (tertiary/aromatic N) is 1. The predicted molar refractivity (Wildman–Crippen MR) is 60.0 cm³/mol. The van der Waals surface area contributed by atoms with Crippen molar-refractivity contribution in [2.24, 2.45) is 0 Å². The normalized spacial score (nSPS) is 31.4. The van der Waals surface area contributed by atoms with Gasteiger partial charge < -0.3 is 14.7 Å².